The summed E-state index contributed by atoms with van der Waals surface area (Å²) in [7, 11) is -3.37. The number of rotatable bonds is 11. The van der Waals surface area contributed by atoms with Crippen molar-refractivity contribution in [2.24, 2.45) is 5.92 Å². The van der Waals surface area contributed by atoms with Crippen LogP contribution in [0.25, 0.3) is 0 Å². The van der Waals surface area contributed by atoms with Gasteiger partial charge in [0, 0.05) is 42.0 Å². The van der Waals surface area contributed by atoms with Crippen molar-refractivity contribution in [2.75, 3.05) is 29.9 Å². The molecule has 3 aliphatic rings. The number of hydrogen-bond acceptors (Lipinski definition) is 7. The Morgan fingerprint density at radius 2 is 2.09 bits per heavy atom. The van der Waals surface area contributed by atoms with Crippen molar-refractivity contribution in [3.8, 4) is 0 Å². The number of anilines is 2. The van der Waals surface area contributed by atoms with Crippen LogP contribution in [0.1, 0.15) is 48.9 Å². The highest BCUT2D eigenvalue weighted by Crippen LogP contribution is 2.60. The highest BCUT2D eigenvalue weighted by molar-refractivity contribution is 6.72. The molecule has 0 saturated carbocycles. The van der Waals surface area contributed by atoms with Crippen molar-refractivity contribution >= 4 is 31.6 Å². The van der Waals surface area contributed by atoms with Gasteiger partial charge in [0.25, 0.3) is 5.91 Å². The van der Waals surface area contributed by atoms with Crippen LogP contribution in [-0.2, 0) is 26.5 Å². The molecule has 1 unspecified atom stereocenters. The summed E-state index contributed by atoms with van der Waals surface area (Å²) in [6.45, 7) is 10.5. The highest BCUT2D eigenvalue weighted by Gasteiger charge is 2.66. The first kappa shape index (κ1) is 32.2. The molecule has 2 amide bonds. The molecule has 0 radical (unpaired) electrons. The quantitative estimate of drug-likeness (QED) is 0.160. The fourth-order valence-corrected chi connectivity index (χ4v) is 10.3. The third kappa shape index (κ3) is 5.72. The molecule has 1 aromatic heterocycles. The zero-order valence-corrected chi connectivity index (χ0v) is 27.7. The molecule has 6 rings (SSSR count). The molecule has 2 saturated heterocycles. The molecular formula is C34H43FN6O4Si. The smallest absolute Gasteiger partial charge is 0.264 e. The molecule has 244 valence electrons. The average molecular weight is 647 g/mol. The Morgan fingerprint density at radius 3 is 2.76 bits per heavy atom. The summed E-state index contributed by atoms with van der Waals surface area (Å²) in [5, 5.41) is 25.0. The van der Waals surface area contributed by atoms with Gasteiger partial charge >= 0.3 is 0 Å². The van der Waals surface area contributed by atoms with Crippen LogP contribution < -0.4 is 15.5 Å². The van der Waals surface area contributed by atoms with E-state index in [-0.39, 0.29) is 36.9 Å². The van der Waals surface area contributed by atoms with E-state index in [0.29, 0.717) is 35.6 Å². The minimum atomic E-state index is -3.37. The first-order valence-electron chi connectivity index (χ1n) is 16.1. The maximum Gasteiger partial charge on any atom is 0.264 e. The number of amides is 2. The van der Waals surface area contributed by atoms with E-state index in [1.165, 1.54) is 0 Å². The number of halogens is 1. The summed E-state index contributed by atoms with van der Waals surface area (Å²) in [5.41, 5.74) is 1.60. The Hall–Kier alpha value is -3.71. The molecule has 0 bridgehead atoms. The minimum Gasteiger partial charge on any atom is -0.395 e. The molecular weight excluding hydrogens is 603 g/mol. The van der Waals surface area contributed by atoms with Crippen molar-refractivity contribution < 1.29 is 23.5 Å². The lowest BCUT2D eigenvalue weighted by molar-refractivity contribution is -0.145. The molecule has 10 nitrogen and oxygen atoms in total. The predicted octanol–water partition coefficient (Wildman–Crippen LogP) is 4.49. The van der Waals surface area contributed by atoms with Gasteiger partial charge in [-0.1, -0.05) is 48.5 Å². The van der Waals surface area contributed by atoms with Gasteiger partial charge in [-0.15, -0.1) is 11.7 Å². The third-order valence-electron chi connectivity index (χ3n) is 9.86. The topological polar surface area (TPSA) is 122 Å². The molecule has 1 spiro atoms. The fourth-order valence-electron chi connectivity index (χ4n) is 7.74. The lowest BCUT2D eigenvalue weighted by Crippen LogP contribution is -2.45. The van der Waals surface area contributed by atoms with Crippen LogP contribution in [0.4, 0.5) is 15.5 Å². The van der Waals surface area contributed by atoms with Crippen LogP contribution in [-0.4, -0.2) is 72.2 Å². The minimum absolute atomic E-state index is 0.111. The van der Waals surface area contributed by atoms with Crippen molar-refractivity contribution in [1.29, 1.82) is 0 Å². The number of aromatic nitrogens is 3. The van der Waals surface area contributed by atoms with Gasteiger partial charge in [-0.2, -0.15) is 0 Å². The molecule has 3 aromatic rings. The Balaban J connectivity index is 1.29. The van der Waals surface area contributed by atoms with E-state index in [9.17, 15) is 14.7 Å². The number of nitrogens with zero attached hydrogens (tertiary/aromatic N) is 4. The first-order chi connectivity index (χ1) is 22.1. The molecule has 3 aliphatic heterocycles. The largest absolute Gasteiger partial charge is 0.395 e. The second kappa shape index (κ2) is 12.8. The van der Waals surface area contributed by atoms with Gasteiger partial charge in [0.05, 0.1) is 36.1 Å². The molecule has 4 heterocycles. The molecule has 46 heavy (non-hydrogen) atoms. The van der Waals surface area contributed by atoms with Gasteiger partial charge in [0.15, 0.2) is 5.60 Å². The van der Waals surface area contributed by atoms with Crippen molar-refractivity contribution in [1.82, 2.24) is 20.3 Å². The molecule has 2 fully saturated rings. The summed E-state index contributed by atoms with van der Waals surface area (Å²) in [5.74, 6) is -1.13. The van der Waals surface area contributed by atoms with E-state index in [1.807, 2.05) is 55.6 Å². The number of hydrogen-bond donors (Lipinski definition) is 3. The Kier molecular flexibility index (Phi) is 8.99. The number of benzene rings is 2. The lowest BCUT2D eigenvalue weighted by atomic mass is 9.82. The SMILES string of the molecule is C=CCN1C(=O)[C@]2(O[C@H](CCn3cc(C(CO)c4ccccc4)nn3)[C@@H]([Si](C)(C)F)[C@@H]2C)c2cc(NC(=O)[C@H]3CCCN3)ccc21. The number of fused-ring (bicyclic) bond motifs is 2. The zero-order chi connectivity index (χ0) is 32.6. The van der Waals surface area contributed by atoms with E-state index < -0.39 is 31.6 Å². The van der Waals surface area contributed by atoms with Gasteiger partial charge in [-0.05, 0) is 62.7 Å². The first-order valence-corrected chi connectivity index (χ1v) is 19.1. The second-order valence-corrected chi connectivity index (χ2v) is 17.0. The van der Waals surface area contributed by atoms with E-state index in [4.69, 9.17) is 4.74 Å². The van der Waals surface area contributed by atoms with E-state index in [2.05, 4.69) is 27.5 Å². The van der Waals surface area contributed by atoms with E-state index >= 15 is 4.11 Å². The average Bonchev–Trinajstić information content (AvgIpc) is 3.82. The number of carbonyl (C=O) groups excluding carboxylic acids is 2. The molecule has 12 heteroatoms. The van der Waals surface area contributed by atoms with Gasteiger partial charge in [0.2, 0.25) is 14.3 Å². The Bertz CT molecular complexity index is 1590. The fraction of sp³-hybridized carbons (Fsp3) is 0.471. The molecule has 0 aliphatic carbocycles. The Morgan fingerprint density at radius 1 is 1.30 bits per heavy atom. The van der Waals surface area contributed by atoms with Crippen LogP contribution in [0.3, 0.4) is 0 Å². The maximum absolute atomic E-state index is 16.3. The van der Waals surface area contributed by atoms with Crippen molar-refractivity contribution in [3.05, 3.63) is 84.2 Å². The summed E-state index contributed by atoms with van der Waals surface area (Å²) < 4.78 is 24.8. The van der Waals surface area contributed by atoms with E-state index in [1.54, 1.807) is 34.8 Å². The summed E-state index contributed by atoms with van der Waals surface area (Å²) in [6, 6.07) is 14.9. The summed E-state index contributed by atoms with van der Waals surface area (Å²) >= 11 is 0. The highest BCUT2D eigenvalue weighted by atomic mass is 28.4. The molecule has 6 atom stereocenters. The van der Waals surface area contributed by atoms with Gasteiger partial charge < -0.3 is 29.5 Å². The summed E-state index contributed by atoms with van der Waals surface area (Å²) in [4.78, 5) is 29.0. The number of aliphatic hydroxyl groups is 1. The van der Waals surface area contributed by atoms with E-state index in [0.717, 1.165) is 24.9 Å². The lowest BCUT2D eigenvalue weighted by Gasteiger charge is -2.31. The number of aryl methyl sites for hydroxylation is 1. The Labute approximate surface area is 270 Å². The maximum atomic E-state index is 16.3. The second-order valence-electron chi connectivity index (χ2n) is 13.2. The summed E-state index contributed by atoms with van der Waals surface area (Å²) in [6.07, 6.45) is 5.05. The van der Waals surface area contributed by atoms with Crippen LogP contribution >= 0.6 is 0 Å². The third-order valence-corrected chi connectivity index (χ3v) is 12.3. The number of nitrogens with one attached hydrogen (secondary N) is 2. The van der Waals surface area contributed by atoms with Crippen LogP contribution in [0.5, 0.6) is 0 Å². The monoisotopic (exact) mass is 646 g/mol. The van der Waals surface area contributed by atoms with Gasteiger partial charge in [0.1, 0.15) is 0 Å². The normalized spacial score (nSPS) is 26.5. The number of ether oxygens (including phenoxy) is 1. The zero-order valence-electron chi connectivity index (χ0n) is 26.7. The standard InChI is InChI=1S/C34H43FN6O4Si/c1-5-17-41-29-14-13-24(37-32(43)27-12-9-16-36-27)19-26(29)34(33(41)44)22(2)31(46(3,4)35)30(45-34)15-18-40-20-28(38-39-40)25(21-42)23-10-7-6-8-11-23/h5-8,10-11,13-14,19-20,22,25,27,30-31,36,42H,1,9,12,15-18,21H2,2-4H3,(H,37,43)/t22-,25?,27+,30+,31-,34+/m0/s1. The van der Waals surface area contributed by atoms with Gasteiger partial charge in [-0.25, -0.2) is 0 Å². The molecule has 3 N–H and O–H groups in total. The predicted molar refractivity (Wildman–Crippen MR) is 177 cm³/mol. The van der Waals surface area contributed by atoms with Crippen LogP contribution in [0.15, 0.2) is 67.4 Å². The van der Waals surface area contributed by atoms with Gasteiger partial charge in [-0.3, -0.25) is 14.3 Å². The molecule has 2 aromatic carbocycles. The van der Waals surface area contributed by atoms with Crippen LogP contribution in [0, 0.1) is 5.92 Å². The van der Waals surface area contributed by atoms with Crippen LogP contribution in [0.2, 0.25) is 18.6 Å². The number of aliphatic hydroxyl groups excluding tert-OH is 1. The number of carbonyl (C=O) groups is 2. The van der Waals surface area contributed by atoms with Crippen molar-refractivity contribution in [2.45, 2.75) is 75.0 Å². The van der Waals surface area contributed by atoms with Crippen molar-refractivity contribution in [3.63, 3.8) is 0 Å².